The Balaban J connectivity index is 3.18. The van der Waals surface area contributed by atoms with E-state index < -0.39 is 17.2 Å². The number of rotatable bonds is 5. The number of hydrogen-bond donors (Lipinski definition) is 1. The second-order valence-corrected chi connectivity index (χ2v) is 4.86. The molecule has 0 aliphatic rings. The Bertz CT molecular complexity index is 466. The number of halogens is 1. The maximum Gasteiger partial charge on any atom is 0.337 e. The van der Waals surface area contributed by atoms with E-state index in [1.165, 1.54) is 29.6 Å². The van der Waals surface area contributed by atoms with E-state index in [-0.39, 0.29) is 5.56 Å². The number of hydrogen-bond acceptors (Lipinski definition) is 3. The molecule has 18 heavy (non-hydrogen) atoms. The number of benzene rings is 1. The van der Waals surface area contributed by atoms with Crippen LogP contribution >= 0.6 is 11.6 Å². The molecule has 0 aliphatic heterocycles. The van der Waals surface area contributed by atoms with Gasteiger partial charge in [-0.25, -0.2) is 9.00 Å². The standard InChI is InChI=1S/C11H14ClNO4S/c1-3-4-13(18(15)16)10-6-8(11(14)17-2)5-9(12)7-10/h5-7H,3-4H2,1-2H3,(H,15,16). The van der Waals surface area contributed by atoms with Crippen LogP contribution in [0.25, 0.3) is 0 Å². The average molecular weight is 292 g/mol. The van der Waals surface area contributed by atoms with Gasteiger partial charge in [-0.15, -0.1) is 0 Å². The minimum absolute atomic E-state index is 0.242. The number of carbonyl (C=O) groups excluding carboxylic acids is 1. The lowest BCUT2D eigenvalue weighted by Crippen LogP contribution is -2.26. The van der Waals surface area contributed by atoms with Crippen LogP contribution in [0.1, 0.15) is 23.7 Å². The molecule has 0 amide bonds. The third-order valence-corrected chi connectivity index (χ3v) is 3.20. The van der Waals surface area contributed by atoms with Gasteiger partial charge in [-0.3, -0.25) is 8.86 Å². The van der Waals surface area contributed by atoms with Crippen LogP contribution in [0.4, 0.5) is 5.69 Å². The maximum atomic E-state index is 11.4. The summed E-state index contributed by atoms with van der Waals surface area (Å²) in [5.41, 5.74) is 0.650. The lowest BCUT2D eigenvalue weighted by molar-refractivity contribution is 0.0600. The minimum atomic E-state index is -2.16. The smallest absolute Gasteiger partial charge is 0.337 e. The zero-order valence-corrected chi connectivity index (χ0v) is 11.6. The summed E-state index contributed by atoms with van der Waals surface area (Å²) in [6, 6.07) is 4.45. The highest BCUT2D eigenvalue weighted by atomic mass is 35.5. The minimum Gasteiger partial charge on any atom is -0.465 e. The molecule has 0 spiro atoms. The topological polar surface area (TPSA) is 66.8 Å². The van der Waals surface area contributed by atoms with Gasteiger partial charge in [0.2, 0.25) is 0 Å². The molecule has 0 aliphatic carbocycles. The molecule has 0 fully saturated rings. The highest BCUT2D eigenvalue weighted by Crippen LogP contribution is 2.24. The van der Waals surface area contributed by atoms with Gasteiger partial charge >= 0.3 is 5.97 Å². The second-order valence-electron chi connectivity index (χ2n) is 3.52. The summed E-state index contributed by atoms with van der Waals surface area (Å²) in [7, 11) is 1.26. The number of ether oxygens (including phenoxy) is 1. The Morgan fingerprint density at radius 3 is 2.67 bits per heavy atom. The van der Waals surface area contributed by atoms with E-state index in [4.69, 9.17) is 11.6 Å². The molecule has 5 nitrogen and oxygen atoms in total. The zero-order valence-electron chi connectivity index (χ0n) is 10.1. The van der Waals surface area contributed by atoms with Gasteiger partial charge in [0.1, 0.15) is 0 Å². The van der Waals surface area contributed by atoms with Gasteiger partial charge in [0.15, 0.2) is 0 Å². The third kappa shape index (κ3) is 3.69. The fraction of sp³-hybridized carbons (Fsp3) is 0.364. The van der Waals surface area contributed by atoms with E-state index in [9.17, 15) is 13.6 Å². The molecule has 0 saturated heterocycles. The first-order chi connectivity index (χ1) is 8.49. The molecule has 0 heterocycles. The van der Waals surface area contributed by atoms with Crippen molar-refractivity contribution in [1.29, 1.82) is 0 Å². The molecular formula is C11H14ClNO4S. The number of carbonyl (C=O) groups is 1. The first-order valence-electron chi connectivity index (χ1n) is 5.27. The van der Waals surface area contributed by atoms with Gasteiger partial charge in [-0.05, 0) is 24.6 Å². The molecule has 1 N–H and O–H groups in total. The number of nitrogens with zero attached hydrogens (tertiary/aromatic N) is 1. The van der Waals surface area contributed by atoms with Gasteiger partial charge in [0.25, 0.3) is 11.3 Å². The van der Waals surface area contributed by atoms with Crippen molar-refractivity contribution in [3.63, 3.8) is 0 Å². The van der Waals surface area contributed by atoms with Crippen molar-refractivity contribution in [3.8, 4) is 0 Å². The van der Waals surface area contributed by atoms with Gasteiger partial charge in [-0.2, -0.15) is 0 Å². The number of esters is 1. The van der Waals surface area contributed by atoms with E-state index in [1.807, 2.05) is 6.92 Å². The van der Waals surface area contributed by atoms with E-state index in [1.54, 1.807) is 0 Å². The molecule has 1 aromatic rings. The Morgan fingerprint density at radius 2 is 2.17 bits per heavy atom. The monoisotopic (exact) mass is 291 g/mol. The number of anilines is 1. The van der Waals surface area contributed by atoms with E-state index in [2.05, 4.69) is 4.74 Å². The van der Waals surface area contributed by atoms with Crippen molar-refractivity contribution in [3.05, 3.63) is 28.8 Å². The van der Waals surface area contributed by atoms with Gasteiger partial charge in [-0.1, -0.05) is 18.5 Å². The van der Waals surface area contributed by atoms with E-state index in [0.717, 1.165) is 0 Å². The normalized spacial score (nSPS) is 12.0. The van der Waals surface area contributed by atoms with Gasteiger partial charge in [0.05, 0.1) is 18.4 Å². The molecule has 0 radical (unpaired) electrons. The van der Waals surface area contributed by atoms with Crippen LogP contribution in [-0.4, -0.2) is 28.4 Å². The molecule has 7 heteroatoms. The summed E-state index contributed by atoms with van der Waals surface area (Å²) in [4.78, 5) is 11.4. The molecule has 1 aromatic carbocycles. The van der Waals surface area contributed by atoms with Crippen molar-refractivity contribution >= 4 is 34.5 Å². The SMILES string of the molecule is CCCN(c1cc(Cl)cc(C(=O)OC)c1)S(=O)O. The van der Waals surface area contributed by atoms with Crippen molar-refractivity contribution in [1.82, 2.24) is 0 Å². The van der Waals surface area contributed by atoms with Crippen LogP contribution in [0.5, 0.6) is 0 Å². The third-order valence-electron chi connectivity index (χ3n) is 2.21. The van der Waals surface area contributed by atoms with Crippen LogP contribution in [0.3, 0.4) is 0 Å². The lowest BCUT2D eigenvalue weighted by Gasteiger charge is -2.19. The summed E-state index contributed by atoms with van der Waals surface area (Å²) in [5.74, 6) is -0.543. The Hall–Kier alpha value is -1.11. The van der Waals surface area contributed by atoms with E-state index >= 15 is 0 Å². The van der Waals surface area contributed by atoms with Gasteiger partial charge < -0.3 is 4.74 Å². The Kier molecular flexibility index (Phi) is 5.58. The summed E-state index contributed by atoms with van der Waals surface area (Å²) in [6.45, 7) is 2.26. The molecular weight excluding hydrogens is 278 g/mol. The van der Waals surface area contributed by atoms with Crippen molar-refractivity contribution in [2.24, 2.45) is 0 Å². The fourth-order valence-electron chi connectivity index (χ4n) is 1.45. The summed E-state index contributed by atoms with van der Waals surface area (Å²) >= 11 is 3.72. The van der Waals surface area contributed by atoms with Crippen LogP contribution in [0, 0.1) is 0 Å². The van der Waals surface area contributed by atoms with Crippen molar-refractivity contribution < 1.29 is 18.3 Å². The van der Waals surface area contributed by atoms with Crippen LogP contribution in [0.2, 0.25) is 5.02 Å². The molecule has 1 rings (SSSR count). The lowest BCUT2D eigenvalue weighted by atomic mass is 10.2. The summed E-state index contributed by atoms with van der Waals surface area (Å²) < 4.78 is 26.3. The fourth-order valence-corrected chi connectivity index (χ4v) is 2.31. The molecule has 1 atom stereocenters. The Morgan fingerprint density at radius 1 is 1.50 bits per heavy atom. The van der Waals surface area contributed by atoms with Crippen LogP contribution in [-0.2, 0) is 16.0 Å². The molecule has 1 unspecified atom stereocenters. The highest BCUT2D eigenvalue weighted by Gasteiger charge is 2.15. The molecule has 100 valence electrons. The molecule has 0 saturated carbocycles. The molecule has 0 aromatic heterocycles. The first kappa shape index (κ1) is 14.9. The van der Waals surface area contributed by atoms with Crippen LogP contribution < -0.4 is 4.31 Å². The average Bonchev–Trinajstić information content (AvgIpc) is 2.33. The van der Waals surface area contributed by atoms with Crippen molar-refractivity contribution in [2.75, 3.05) is 18.0 Å². The quantitative estimate of drug-likeness (QED) is 0.668. The maximum absolute atomic E-state index is 11.4. The van der Waals surface area contributed by atoms with Crippen molar-refractivity contribution in [2.45, 2.75) is 13.3 Å². The summed E-state index contributed by atoms with van der Waals surface area (Å²) in [6.07, 6.45) is 0.687. The zero-order chi connectivity index (χ0) is 13.7. The van der Waals surface area contributed by atoms with Crippen LogP contribution in [0.15, 0.2) is 18.2 Å². The largest absolute Gasteiger partial charge is 0.465 e. The summed E-state index contributed by atoms with van der Waals surface area (Å²) in [5, 5.41) is 0.305. The molecule has 0 bridgehead atoms. The predicted octanol–water partition coefficient (Wildman–Crippen LogP) is 2.48. The number of methoxy groups -OCH3 is 1. The second kappa shape index (κ2) is 6.72. The first-order valence-corrected chi connectivity index (χ1v) is 6.71. The van der Waals surface area contributed by atoms with Gasteiger partial charge in [0, 0.05) is 11.6 Å². The van der Waals surface area contributed by atoms with E-state index in [0.29, 0.717) is 23.7 Å². The Labute approximate surface area is 113 Å². The highest BCUT2D eigenvalue weighted by molar-refractivity contribution is 7.80. The predicted molar refractivity (Wildman–Crippen MR) is 71.2 cm³/mol.